The van der Waals surface area contributed by atoms with Crippen LogP contribution in [0.15, 0.2) is 45.5 Å². The van der Waals surface area contributed by atoms with Crippen molar-refractivity contribution in [2.75, 3.05) is 0 Å². The molecule has 2 aromatic heterocycles. The van der Waals surface area contributed by atoms with Gasteiger partial charge in [-0.3, -0.25) is 4.79 Å². The summed E-state index contributed by atoms with van der Waals surface area (Å²) in [6, 6.07) is 7.69. The maximum Gasteiger partial charge on any atom is 0.227 e. The van der Waals surface area contributed by atoms with Crippen molar-refractivity contribution in [2.24, 2.45) is 5.73 Å². The van der Waals surface area contributed by atoms with Crippen LogP contribution in [0.2, 0.25) is 0 Å². The van der Waals surface area contributed by atoms with E-state index < -0.39 is 5.91 Å². The van der Waals surface area contributed by atoms with Gasteiger partial charge in [-0.05, 0) is 35.7 Å². The van der Waals surface area contributed by atoms with Crippen LogP contribution in [-0.4, -0.2) is 10.9 Å². The molecule has 21 heavy (non-hydrogen) atoms. The Balaban J connectivity index is 2.07. The summed E-state index contributed by atoms with van der Waals surface area (Å²) in [5, 5.41) is 3.81. The lowest BCUT2D eigenvalue weighted by Gasteiger charge is -1.95. The summed E-state index contributed by atoms with van der Waals surface area (Å²) in [5.74, 6) is 0.0491. The van der Waals surface area contributed by atoms with Crippen molar-refractivity contribution in [1.29, 1.82) is 0 Å². The van der Waals surface area contributed by atoms with E-state index in [1.165, 1.54) is 23.5 Å². The minimum absolute atomic E-state index is 0.00409. The van der Waals surface area contributed by atoms with Crippen molar-refractivity contribution in [1.82, 2.24) is 4.98 Å². The van der Waals surface area contributed by atoms with Crippen LogP contribution in [0.5, 0.6) is 0 Å². The number of carbonyl (C=O) groups excluding carboxylic acids is 1. The number of nitrogens with zero attached hydrogens (tertiary/aromatic N) is 1. The Kier molecular flexibility index (Phi) is 3.53. The molecule has 0 unspecified atom stereocenters. The first-order chi connectivity index (χ1) is 10.1. The van der Waals surface area contributed by atoms with Gasteiger partial charge >= 0.3 is 0 Å². The van der Waals surface area contributed by atoms with Gasteiger partial charge in [-0.25, -0.2) is 9.37 Å². The monoisotopic (exact) mass is 302 g/mol. The first-order valence-electron chi connectivity index (χ1n) is 6.20. The van der Waals surface area contributed by atoms with E-state index in [2.05, 4.69) is 4.98 Å². The summed E-state index contributed by atoms with van der Waals surface area (Å²) >= 11 is 1.52. The number of thiophene rings is 1. The molecule has 0 fully saturated rings. The second-order valence-electron chi connectivity index (χ2n) is 4.46. The molecule has 0 radical (unpaired) electrons. The molecule has 0 aliphatic carbocycles. The molecule has 0 saturated heterocycles. The highest BCUT2D eigenvalue weighted by Gasteiger charge is 2.18. The molecule has 0 aliphatic heterocycles. The van der Waals surface area contributed by atoms with Crippen LogP contribution in [0.1, 0.15) is 5.69 Å². The molecule has 0 bridgehead atoms. The molecule has 0 aliphatic rings. The molecular weight excluding hydrogens is 291 g/mol. The summed E-state index contributed by atoms with van der Waals surface area (Å²) in [4.78, 5) is 15.5. The standard InChI is InChI=1S/C15H11FN2O2S/c16-11-3-1-9(2-4-11)15-18-12(7-13(17)19)14(20-15)10-5-6-21-8-10/h1-6,8H,7H2,(H2,17,19). The largest absolute Gasteiger partial charge is 0.436 e. The summed E-state index contributed by atoms with van der Waals surface area (Å²) < 4.78 is 18.7. The van der Waals surface area contributed by atoms with E-state index in [9.17, 15) is 9.18 Å². The maximum absolute atomic E-state index is 13.0. The average molecular weight is 302 g/mol. The third-order valence-electron chi connectivity index (χ3n) is 2.91. The number of amides is 1. The molecule has 106 valence electrons. The highest BCUT2D eigenvalue weighted by atomic mass is 32.1. The zero-order chi connectivity index (χ0) is 14.8. The van der Waals surface area contributed by atoms with Gasteiger partial charge < -0.3 is 10.2 Å². The van der Waals surface area contributed by atoms with E-state index in [1.807, 2.05) is 16.8 Å². The topological polar surface area (TPSA) is 69.1 Å². The molecule has 2 N–H and O–H groups in total. The number of nitrogens with two attached hydrogens (primary N) is 1. The highest BCUT2D eigenvalue weighted by Crippen LogP contribution is 2.31. The summed E-state index contributed by atoms with van der Waals surface area (Å²) in [6.07, 6.45) is -0.00409. The number of hydrogen-bond acceptors (Lipinski definition) is 4. The Hall–Kier alpha value is -2.47. The van der Waals surface area contributed by atoms with Crippen LogP contribution in [0.4, 0.5) is 4.39 Å². The molecule has 1 aromatic carbocycles. The quantitative estimate of drug-likeness (QED) is 0.804. The van der Waals surface area contributed by atoms with E-state index in [4.69, 9.17) is 10.2 Å². The lowest BCUT2D eigenvalue weighted by Crippen LogP contribution is -2.14. The van der Waals surface area contributed by atoms with E-state index in [-0.39, 0.29) is 12.2 Å². The predicted octanol–water partition coefficient (Wildman–Crippen LogP) is 3.24. The van der Waals surface area contributed by atoms with Crippen molar-refractivity contribution < 1.29 is 13.6 Å². The molecular formula is C15H11FN2O2S. The van der Waals surface area contributed by atoms with Crippen LogP contribution in [0.25, 0.3) is 22.8 Å². The van der Waals surface area contributed by atoms with E-state index >= 15 is 0 Å². The van der Waals surface area contributed by atoms with Crippen LogP contribution in [0, 0.1) is 5.82 Å². The van der Waals surface area contributed by atoms with E-state index in [1.54, 1.807) is 12.1 Å². The lowest BCUT2D eigenvalue weighted by atomic mass is 10.2. The van der Waals surface area contributed by atoms with Gasteiger partial charge in [0.15, 0.2) is 5.76 Å². The normalized spacial score (nSPS) is 10.7. The number of carbonyl (C=O) groups is 1. The van der Waals surface area contributed by atoms with Crippen molar-refractivity contribution in [3.05, 3.63) is 52.6 Å². The van der Waals surface area contributed by atoms with Crippen LogP contribution in [0.3, 0.4) is 0 Å². The van der Waals surface area contributed by atoms with Crippen LogP contribution in [-0.2, 0) is 11.2 Å². The van der Waals surface area contributed by atoms with Gasteiger partial charge in [-0.15, -0.1) is 0 Å². The first-order valence-corrected chi connectivity index (χ1v) is 7.14. The van der Waals surface area contributed by atoms with Gasteiger partial charge in [0.05, 0.1) is 12.1 Å². The smallest absolute Gasteiger partial charge is 0.227 e. The Labute approximate surface area is 124 Å². The van der Waals surface area contributed by atoms with Crippen molar-refractivity contribution in [3.63, 3.8) is 0 Å². The summed E-state index contributed by atoms with van der Waals surface area (Å²) in [7, 11) is 0. The number of halogens is 1. The van der Waals surface area contributed by atoms with Gasteiger partial charge in [0.25, 0.3) is 0 Å². The number of benzene rings is 1. The van der Waals surface area contributed by atoms with E-state index in [0.29, 0.717) is 22.9 Å². The zero-order valence-electron chi connectivity index (χ0n) is 10.9. The fourth-order valence-corrected chi connectivity index (χ4v) is 2.61. The molecule has 4 nitrogen and oxygen atoms in total. The third-order valence-corrected chi connectivity index (χ3v) is 3.60. The summed E-state index contributed by atoms with van der Waals surface area (Å²) in [5.41, 5.74) is 7.22. The van der Waals surface area contributed by atoms with Gasteiger partial charge in [-0.1, -0.05) is 0 Å². The summed E-state index contributed by atoms with van der Waals surface area (Å²) in [6.45, 7) is 0. The van der Waals surface area contributed by atoms with Crippen LogP contribution < -0.4 is 5.73 Å². The Morgan fingerprint density at radius 2 is 2.00 bits per heavy atom. The highest BCUT2D eigenvalue weighted by molar-refractivity contribution is 7.08. The van der Waals surface area contributed by atoms with Crippen LogP contribution >= 0.6 is 11.3 Å². The van der Waals surface area contributed by atoms with Crippen molar-refractivity contribution >= 4 is 17.2 Å². The number of primary amides is 1. The molecule has 1 amide bonds. The number of hydrogen-bond donors (Lipinski definition) is 1. The second kappa shape index (κ2) is 5.49. The Morgan fingerprint density at radius 3 is 2.62 bits per heavy atom. The fourth-order valence-electron chi connectivity index (χ4n) is 1.97. The first kappa shape index (κ1) is 13.5. The maximum atomic E-state index is 13.0. The van der Waals surface area contributed by atoms with Crippen molar-refractivity contribution in [2.45, 2.75) is 6.42 Å². The Morgan fingerprint density at radius 1 is 1.24 bits per heavy atom. The predicted molar refractivity (Wildman–Crippen MR) is 78.1 cm³/mol. The minimum atomic E-state index is -0.481. The molecule has 0 spiro atoms. The van der Waals surface area contributed by atoms with Gasteiger partial charge in [-0.2, -0.15) is 11.3 Å². The van der Waals surface area contributed by atoms with Gasteiger partial charge in [0.2, 0.25) is 11.8 Å². The Bertz CT molecular complexity index is 764. The molecule has 0 atom stereocenters. The molecule has 3 rings (SSSR count). The average Bonchev–Trinajstić information content (AvgIpc) is 3.08. The number of oxazole rings is 1. The van der Waals surface area contributed by atoms with Gasteiger partial charge in [0.1, 0.15) is 5.82 Å². The molecule has 2 heterocycles. The van der Waals surface area contributed by atoms with Gasteiger partial charge in [0, 0.05) is 16.5 Å². The third kappa shape index (κ3) is 2.85. The van der Waals surface area contributed by atoms with E-state index in [0.717, 1.165) is 5.56 Å². The second-order valence-corrected chi connectivity index (χ2v) is 5.24. The number of aromatic nitrogens is 1. The SMILES string of the molecule is NC(=O)Cc1nc(-c2ccc(F)cc2)oc1-c1ccsc1. The lowest BCUT2D eigenvalue weighted by molar-refractivity contribution is -0.117. The molecule has 0 saturated carbocycles. The molecule has 6 heteroatoms. The molecule has 3 aromatic rings. The fraction of sp³-hybridized carbons (Fsp3) is 0.0667. The zero-order valence-corrected chi connectivity index (χ0v) is 11.7. The minimum Gasteiger partial charge on any atom is -0.436 e. The van der Waals surface area contributed by atoms with Crippen molar-refractivity contribution in [3.8, 4) is 22.8 Å². The number of rotatable bonds is 4.